The number of rotatable bonds is 5. The lowest BCUT2D eigenvalue weighted by Gasteiger charge is -2.18. The molecule has 0 saturated carbocycles. The summed E-state index contributed by atoms with van der Waals surface area (Å²) in [5.41, 5.74) is 0.705. The molecule has 5 heteroatoms. The average molecular weight is 270 g/mol. The molecule has 98 valence electrons. The van der Waals surface area contributed by atoms with Gasteiger partial charge in [-0.3, -0.25) is 9.59 Å². The van der Waals surface area contributed by atoms with Gasteiger partial charge in [-0.15, -0.1) is 0 Å². The van der Waals surface area contributed by atoms with Crippen molar-refractivity contribution >= 4 is 23.5 Å². The SMILES string of the molecule is CN(C)C(=O)CC(CC(=O)O)c1ccccc1Cl. The minimum absolute atomic E-state index is 0.108. The van der Waals surface area contributed by atoms with Crippen molar-refractivity contribution in [3.63, 3.8) is 0 Å². The molecule has 4 nitrogen and oxygen atoms in total. The highest BCUT2D eigenvalue weighted by molar-refractivity contribution is 6.31. The maximum Gasteiger partial charge on any atom is 0.303 e. The molecule has 0 aliphatic carbocycles. The van der Waals surface area contributed by atoms with Crippen LogP contribution in [0.1, 0.15) is 24.3 Å². The van der Waals surface area contributed by atoms with E-state index in [1.165, 1.54) is 4.90 Å². The summed E-state index contributed by atoms with van der Waals surface area (Å²) in [5.74, 6) is -1.45. The highest BCUT2D eigenvalue weighted by Gasteiger charge is 2.22. The molecule has 1 aromatic carbocycles. The summed E-state index contributed by atoms with van der Waals surface area (Å²) < 4.78 is 0. The van der Waals surface area contributed by atoms with E-state index < -0.39 is 11.9 Å². The third-order valence-corrected chi connectivity index (χ3v) is 3.03. The number of benzene rings is 1. The van der Waals surface area contributed by atoms with Crippen molar-refractivity contribution in [3.05, 3.63) is 34.9 Å². The summed E-state index contributed by atoms with van der Waals surface area (Å²) in [6, 6.07) is 7.03. The van der Waals surface area contributed by atoms with Crippen molar-refractivity contribution in [2.45, 2.75) is 18.8 Å². The lowest BCUT2D eigenvalue weighted by atomic mass is 9.92. The first-order chi connectivity index (χ1) is 8.41. The van der Waals surface area contributed by atoms with Gasteiger partial charge in [0.1, 0.15) is 0 Å². The Hall–Kier alpha value is -1.55. The van der Waals surface area contributed by atoms with Gasteiger partial charge < -0.3 is 10.0 Å². The van der Waals surface area contributed by atoms with Gasteiger partial charge in [0, 0.05) is 31.5 Å². The number of carbonyl (C=O) groups excluding carboxylic acids is 1. The Balaban J connectivity index is 2.95. The Labute approximate surface area is 111 Å². The first-order valence-electron chi connectivity index (χ1n) is 5.58. The Kier molecular flexibility index (Phi) is 5.16. The third-order valence-electron chi connectivity index (χ3n) is 2.69. The number of aliphatic carboxylic acids is 1. The molecule has 1 atom stereocenters. The van der Waals surface area contributed by atoms with Crippen LogP contribution in [0.25, 0.3) is 0 Å². The molecule has 0 aliphatic heterocycles. The molecule has 0 fully saturated rings. The molecule has 1 aromatic rings. The molecule has 0 aliphatic rings. The van der Waals surface area contributed by atoms with Crippen LogP contribution >= 0.6 is 11.6 Å². The smallest absolute Gasteiger partial charge is 0.303 e. The van der Waals surface area contributed by atoms with Gasteiger partial charge >= 0.3 is 5.97 Å². The van der Waals surface area contributed by atoms with Gasteiger partial charge in [-0.1, -0.05) is 29.8 Å². The molecular weight excluding hydrogens is 254 g/mol. The summed E-state index contributed by atoms with van der Waals surface area (Å²) in [6.45, 7) is 0. The quantitative estimate of drug-likeness (QED) is 0.893. The van der Waals surface area contributed by atoms with Crippen LogP contribution in [0.5, 0.6) is 0 Å². The second kappa shape index (κ2) is 6.40. The summed E-state index contributed by atoms with van der Waals surface area (Å²) in [5, 5.41) is 9.42. The largest absolute Gasteiger partial charge is 0.481 e. The van der Waals surface area contributed by atoms with Crippen molar-refractivity contribution in [1.82, 2.24) is 4.90 Å². The van der Waals surface area contributed by atoms with E-state index in [0.29, 0.717) is 10.6 Å². The van der Waals surface area contributed by atoms with Crippen molar-refractivity contribution in [2.24, 2.45) is 0 Å². The maximum atomic E-state index is 11.7. The van der Waals surface area contributed by atoms with Crippen molar-refractivity contribution < 1.29 is 14.7 Å². The van der Waals surface area contributed by atoms with Gasteiger partial charge in [-0.2, -0.15) is 0 Å². The summed E-state index contributed by atoms with van der Waals surface area (Å²) in [6.07, 6.45) is 0.0341. The first-order valence-corrected chi connectivity index (χ1v) is 5.96. The molecule has 1 unspecified atom stereocenters. The van der Waals surface area contributed by atoms with E-state index in [1.54, 1.807) is 38.4 Å². The molecule has 1 rings (SSSR count). The Morgan fingerprint density at radius 2 is 1.89 bits per heavy atom. The van der Waals surface area contributed by atoms with Gasteiger partial charge in [0.05, 0.1) is 6.42 Å². The van der Waals surface area contributed by atoms with Crippen LogP contribution in [0.15, 0.2) is 24.3 Å². The topological polar surface area (TPSA) is 57.6 Å². The van der Waals surface area contributed by atoms with Crippen LogP contribution < -0.4 is 0 Å². The average Bonchev–Trinajstić information content (AvgIpc) is 2.28. The monoisotopic (exact) mass is 269 g/mol. The normalized spacial score (nSPS) is 11.9. The first kappa shape index (κ1) is 14.5. The zero-order valence-electron chi connectivity index (χ0n) is 10.4. The zero-order chi connectivity index (χ0) is 13.7. The number of carboxylic acids is 1. The van der Waals surface area contributed by atoms with Crippen LogP contribution in [-0.4, -0.2) is 36.0 Å². The molecule has 0 bridgehead atoms. The lowest BCUT2D eigenvalue weighted by Crippen LogP contribution is -2.24. The van der Waals surface area contributed by atoms with E-state index in [4.69, 9.17) is 16.7 Å². The molecule has 18 heavy (non-hydrogen) atoms. The van der Waals surface area contributed by atoms with Crippen molar-refractivity contribution in [1.29, 1.82) is 0 Å². The molecule has 0 saturated heterocycles. The number of hydrogen-bond donors (Lipinski definition) is 1. The number of nitrogens with zero attached hydrogens (tertiary/aromatic N) is 1. The fraction of sp³-hybridized carbons (Fsp3) is 0.385. The van der Waals surface area contributed by atoms with Crippen molar-refractivity contribution in [3.8, 4) is 0 Å². The molecule has 0 spiro atoms. The molecule has 1 amide bonds. The molecule has 1 N–H and O–H groups in total. The molecule has 0 radical (unpaired) electrons. The van der Waals surface area contributed by atoms with E-state index >= 15 is 0 Å². The van der Waals surface area contributed by atoms with E-state index in [1.807, 2.05) is 0 Å². The fourth-order valence-electron chi connectivity index (χ4n) is 1.70. The van der Waals surface area contributed by atoms with E-state index in [2.05, 4.69) is 0 Å². The van der Waals surface area contributed by atoms with Crippen molar-refractivity contribution in [2.75, 3.05) is 14.1 Å². The third kappa shape index (κ3) is 4.04. The van der Waals surface area contributed by atoms with Crippen LogP contribution in [0.4, 0.5) is 0 Å². The van der Waals surface area contributed by atoms with Gasteiger partial charge in [0.15, 0.2) is 0 Å². The number of halogens is 1. The molecule has 0 heterocycles. The lowest BCUT2D eigenvalue weighted by molar-refractivity contribution is -0.137. The molecule has 0 aromatic heterocycles. The second-order valence-electron chi connectivity index (χ2n) is 4.31. The highest BCUT2D eigenvalue weighted by atomic mass is 35.5. The summed E-state index contributed by atoms with van der Waals surface area (Å²) in [4.78, 5) is 24.0. The number of hydrogen-bond acceptors (Lipinski definition) is 2. The molecular formula is C13H16ClNO3. The number of carbonyl (C=O) groups is 2. The van der Waals surface area contributed by atoms with Crippen LogP contribution in [0, 0.1) is 0 Å². The Bertz CT molecular complexity index is 446. The second-order valence-corrected chi connectivity index (χ2v) is 4.72. The Morgan fingerprint density at radius 3 is 2.39 bits per heavy atom. The summed E-state index contributed by atoms with van der Waals surface area (Å²) >= 11 is 6.05. The van der Waals surface area contributed by atoms with Gasteiger partial charge in [-0.05, 0) is 11.6 Å². The minimum Gasteiger partial charge on any atom is -0.481 e. The van der Waals surface area contributed by atoms with Crippen LogP contribution in [0.2, 0.25) is 5.02 Å². The van der Waals surface area contributed by atoms with Gasteiger partial charge in [0.25, 0.3) is 0 Å². The fourth-order valence-corrected chi connectivity index (χ4v) is 1.99. The Morgan fingerprint density at radius 1 is 1.28 bits per heavy atom. The highest BCUT2D eigenvalue weighted by Crippen LogP contribution is 2.30. The predicted molar refractivity (Wildman–Crippen MR) is 69.8 cm³/mol. The number of amides is 1. The number of carboxylic acid groups (broad SMARTS) is 1. The van der Waals surface area contributed by atoms with E-state index in [-0.39, 0.29) is 18.7 Å². The van der Waals surface area contributed by atoms with E-state index in [9.17, 15) is 9.59 Å². The van der Waals surface area contributed by atoms with E-state index in [0.717, 1.165) is 0 Å². The summed E-state index contributed by atoms with van der Waals surface area (Å²) in [7, 11) is 3.29. The standard InChI is InChI=1S/C13H16ClNO3/c1-15(2)12(16)7-9(8-13(17)18)10-5-3-4-6-11(10)14/h3-6,9H,7-8H2,1-2H3,(H,17,18). The van der Waals surface area contributed by atoms with Gasteiger partial charge in [-0.25, -0.2) is 0 Å². The van der Waals surface area contributed by atoms with Crippen LogP contribution in [0.3, 0.4) is 0 Å². The minimum atomic E-state index is -0.938. The van der Waals surface area contributed by atoms with Crippen LogP contribution in [-0.2, 0) is 9.59 Å². The van der Waals surface area contributed by atoms with Gasteiger partial charge in [0.2, 0.25) is 5.91 Å². The maximum absolute atomic E-state index is 11.7. The predicted octanol–water partition coefficient (Wildman–Crippen LogP) is 2.38. The zero-order valence-corrected chi connectivity index (χ0v) is 11.1.